The molecule has 0 saturated carbocycles. The van der Waals surface area contributed by atoms with Gasteiger partial charge in [-0.05, 0) is 37.1 Å². The van der Waals surface area contributed by atoms with Crippen molar-refractivity contribution < 1.29 is 9.18 Å². The number of likely N-dealkylation sites (tertiary alicyclic amines) is 1. The summed E-state index contributed by atoms with van der Waals surface area (Å²) >= 11 is 0. The first-order valence-electron chi connectivity index (χ1n) is 7.78. The lowest BCUT2D eigenvalue weighted by Crippen LogP contribution is -2.48. The molecule has 0 aliphatic carbocycles. The van der Waals surface area contributed by atoms with Gasteiger partial charge in [0.15, 0.2) is 0 Å². The minimum absolute atomic E-state index is 0.146. The number of aromatic nitrogens is 3. The quantitative estimate of drug-likeness (QED) is 0.906. The van der Waals surface area contributed by atoms with Gasteiger partial charge in [-0.15, -0.1) is 0 Å². The molecule has 7 heteroatoms. The Labute approximate surface area is 134 Å². The number of amides is 1. The third kappa shape index (κ3) is 3.56. The van der Waals surface area contributed by atoms with Crippen molar-refractivity contribution >= 4 is 5.91 Å². The van der Waals surface area contributed by atoms with Gasteiger partial charge in [-0.2, -0.15) is 5.10 Å². The second kappa shape index (κ2) is 6.87. The first-order valence-corrected chi connectivity index (χ1v) is 7.78. The van der Waals surface area contributed by atoms with E-state index in [1.165, 1.54) is 18.5 Å². The summed E-state index contributed by atoms with van der Waals surface area (Å²) in [6, 6.07) is 5.58. The van der Waals surface area contributed by atoms with Gasteiger partial charge in [0.05, 0.1) is 6.54 Å². The van der Waals surface area contributed by atoms with Crippen LogP contribution in [0.2, 0.25) is 0 Å². The maximum Gasteiger partial charge on any atom is 0.239 e. The fraction of sp³-hybridized carbons (Fsp3) is 0.438. The fourth-order valence-corrected chi connectivity index (χ4v) is 3.27. The van der Waals surface area contributed by atoms with E-state index in [0.717, 1.165) is 31.4 Å². The van der Waals surface area contributed by atoms with Crippen LogP contribution >= 0.6 is 0 Å². The van der Waals surface area contributed by atoms with E-state index in [0.29, 0.717) is 6.54 Å². The zero-order valence-corrected chi connectivity index (χ0v) is 12.8. The summed E-state index contributed by atoms with van der Waals surface area (Å²) in [7, 11) is 0. The van der Waals surface area contributed by atoms with Crippen LogP contribution in [0.5, 0.6) is 0 Å². The van der Waals surface area contributed by atoms with Gasteiger partial charge in [0.25, 0.3) is 0 Å². The van der Waals surface area contributed by atoms with Gasteiger partial charge in [-0.25, -0.2) is 9.37 Å². The van der Waals surface area contributed by atoms with Crippen molar-refractivity contribution in [2.45, 2.75) is 37.9 Å². The van der Waals surface area contributed by atoms with Crippen molar-refractivity contribution in [2.75, 3.05) is 6.54 Å². The minimum Gasteiger partial charge on any atom is -0.368 e. The zero-order valence-electron chi connectivity index (χ0n) is 12.8. The summed E-state index contributed by atoms with van der Waals surface area (Å²) in [5.74, 6) is -0.739. The van der Waals surface area contributed by atoms with Crippen LogP contribution in [0.3, 0.4) is 0 Å². The van der Waals surface area contributed by atoms with Gasteiger partial charge in [0.1, 0.15) is 24.5 Å². The molecule has 23 heavy (non-hydrogen) atoms. The summed E-state index contributed by atoms with van der Waals surface area (Å²) in [5, 5.41) is 4.15. The first-order chi connectivity index (χ1) is 11.1. The Hall–Kier alpha value is -2.28. The van der Waals surface area contributed by atoms with E-state index < -0.39 is 11.9 Å². The van der Waals surface area contributed by atoms with Crippen LogP contribution in [0.4, 0.5) is 4.39 Å². The third-order valence-electron chi connectivity index (χ3n) is 4.32. The van der Waals surface area contributed by atoms with Gasteiger partial charge in [0.2, 0.25) is 5.91 Å². The highest BCUT2D eigenvalue weighted by Gasteiger charge is 2.33. The van der Waals surface area contributed by atoms with Gasteiger partial charge >= 0.3 is 0 Å². The van der Waals surface area contributed by atoms with Gasteiger partial charge < -0.3 is 5.73 Å². The lowest BCUT2D eigenvalue weighted by atomic mass is 9.95. The normalized spacial score (nSPS) is 20.3. The van der Waals surface area contributed by atoms with Gasteiger partial charge in [-0.1, -0.05) is 18.6 Å². The number of halogens is 1. The number of carbonyl (C=O) groups excluding carboxylic acids is 1. The fourth-order valence-electron chi connectivity index (χ4n) is 3.27. The van der Waals surface area contributed by atoms with E-state index in [1.54, 1.807) is 23.1 Å². The predicted molar refractivity (Wildman–Crippen MR) is 82.7 cm³/mol. The number of nitrogens with zero attached hydrogens (tertiary/aromatic N) is 4. The smallest absolute Gasteiger partial charge is 0.239 e. The second-order valence-electron chi connectivity index (χ2n) is 5.86. The highest BCUT2D eigenvalue weighted by atomic mass is 19.1. The Morgan fingerprint density at radius 3 is 2.78 bits per heavy atom. The molecule has 1 fully saturated rings. The number of benzene rings is 1. The molecular formula is C16H20FN5O. The number of hydrogen-bond donors (Lipinski definition) is 1. The van der Waals surface area contributed by atoms with Gasteiger partial charge in [0, 0.05) is 6.04 Å². The van der Waals surface area contributed by atoms with E-state index >= 15 is 0 Å². The Balaban J connectivity index is 1.86. The van der Waals surface area contributed by atoms with Crippen LogP contribution in [0, 0.1) is 5.82 Å². The zero-order chi connectivity index (χ0) is 16.2. The third-order valence-corrected chi connectivity index (χ3v) is 4.32. The van der Waals surface area contributed by atoms with E-state index in [1.807, 2.05) is 0 Å². The van der Waals surface area contributed by atoms with Gasteiger partial charge in [-0.3, -0.25) is 14.4 Å². The topological polar surface area (TPSA) is 77.0 Å². The van der Waals surface area contributed by atoms with Crippen LogP contribution < -0.4 is 5.73 Å². The number of nitrogens with two attached hydrogens (primary N) is 1. The van der Waals surface area contributed by atoms with Crippen LogP contribution in [0.1, 0.15) is 30.9 Å². The van der Waals surface area contributed by atoms with Crippen molar-refractivity contribution in [3.05, 3.63) is 48.3 Å². The van der Waals surface area contributed by atoms with E-state index in [-0.39, 0.29) is 11.9 Å². The Kier molecular flexibility index (Phi) is 4.66. The van der Waals surface area contributed by atoms with Crippen LogP contribution in [0.15, 0.2) is 36.9 Å². The maximum atomic E-state index is 13.2. The highest BCUT2D eigenvalue weighted by molar-refractivity contribution is 5.81. The summed E-state index contributed by atoms with van der Waals surface area (Å²) in [6.07, 6.45) is 6.25. The monoisotopic (exact) mass is 317 g/mol. The molecule has 3 rings (SSSR count). The van der Waals surface area contributed by atoms with E-state index in [4.69, 9.17) is 5.73 Å². The lowest BCUT2D eigenvalue weighted by Gasteiger charge is -2.40. The van der Waals surface area contributed by atoms with Crippen LogP contribution in [0.25, 0.3) is 0 Å². The molecule has 2 heterocycles. The highest BCUT2D eigenvalue weighted by Crippen LogP contribution is 2.29. The molecule has 1 aromatic heterocycles. The second-order valence-corrected chi connectivity index (χ2v) is 5.86. The van der Waals surface area contributed by atoms with E-state index in [9.17, 15) is 9.18 Å². The Bertz CT molecular complexity index is 643. The number of piperidine rings is 1. The number of primary amides is 1. The Morgan fingerprint density at radius 2 is 2.13 bits per heavy atom. The molecule has 0 unspecified atom stereocenters. The molecule has 0 bridgehead atoms. The summed E-state index contributed by atoms with van der Waals surface area (Å²) < 4.78 is 14.9. The molecule has 6 nitrogen and oxygen atoms in total. The molecule has 1 aliphatic heterocycles. The SMILES string of the molecule is NC(=O)[C@@H](c1ccc(F)cc1)N1CCCC[C@H]1Cn1cncn1. The molecule has 2 atom stereocenters. The number of carbonyl (C=O) groups is 1. The lowest BCUT2D eigenvalue weighted by molar-refractivity contribution is -0.125. The van der Waals surface area contributed by atoms with Crippen molar-refractivity contribution in [2.24, 2.45) is 5.73 Å². The Morgan fingerprint density at radius 1 is 1.35 bits per heavy atom. The number of hydrogen-bond acceptors (Lipinski definition) is 4. The molecule has 0 spiro atoms. The standard InChI is InChI=1S/C16H20FN5O/c17-13-6-4-12(5-7-13)15(16(18)23)22-8-2-1-3-14(22)9-21-11-19-10-20-21/h4-7,10-11,14-15H,1-3,8-9H2,(H2,18,23)/t14-,15+/m0/s1. The average molecular weight is 317 g/mol. The van der Waals surface area contributed by atoms with Crippen molar-refractivity contribution in [3.63, 3.8) is 0 Å². The average Bonchev–Trinajstić information content (AvgIpc) is 3.04. The molecule has 122 valence electrons. The molecule has 2 aromatic rings. The maximum absolute atomic E-state index is 13.2. The largest absolute Gasteiger partial charge is 0.368 e. The molecule has 2 N–H and O–H groups in total. The van der Waals surface area contributed by atoms with Crippen LogP contribution in [-0.4, -0.2) is 38.2 Å². The van der Waals surface area contributed by atoms with Crippen molar-refractivity contribution in [3.8, 4) is 0 Å². The minimum atomic E-state index is -0.551. The van der Waals surface area contributed by atoms with Crippen molar-refractivity contribution in [1.29, 1.82) is 0 Å². The summed E-state index contributed by atoms with van der Waals surface area (Å²) in [4.78, 5) is 18.2. The molecule has 0 radical (unpaired) electrons. The molecule has 1 saturated heterocycles. The van der Waals surface area contributed by atoms with Crippen LogP contribution in [-0.2, 0) is 11.3 Å². The molecular weight excluding hydrogens is 297 g/mol. The molecule has 1 aliphatic rings. The number of rotatable bonds is 5. The summed E-state index contributed by atoms with van der Waals surface area (Å²) in [6.45, 7) is 1.44. The molecule has 1 amide bonds. The van der Waals surface area contributed by atoms with E-state index in [2.05, 4.69) is 15.0 Å². The molecule has 1 aromatic carbocycles. The first kappa shape index (κ1) is 15.6. The predicted octanol–water partition coefficient (Wildman–Crippen LogP) is 1.50. The van der Waals surface area contributed by atoms with Crippen molar-refractivity contribution in [1.82, 2.24) is 19.7 Å². The summed E-state index contributed by atoms with van der Waals surface area (Å²) in [5.41, 5.74) is 6.39.